The van der Waals surface area contributed by atoms with Crippen molar-refractivity contribution in [3.05, 3.63) is 78.1 Å². The third-order valence-corrected chi connectivity index (χ3v) is 7.71. The van der Waals surface area contributed by atoms with Crippen LogP contribution in [0.25, 0.3) is 22.2 Å². The van der Waals surface area contributed by atoms with Crippen molar-refractivity contribution in [2.75, 3.05) is 5.32 Å². The van der Waals surface area contributed by atoms with Crippen molar-refractivity contribution in [3.63, 3.8) is 0 Å². The number of benzene rings is 3. The molecule has 0 aliphatic heterocycles. The zero-order chi connectivity index (χ0) is 34.0. The lowest BCUT2D eigenvalue weighted by molar-refractivity contribution is -0.192. The van der Waals surface area contributed by atoms with Crippen LogP contribution in [0.2, 0.25) is 0 Å². The Labute approximate surface area is 269 Å². The first-order valence-electron chi connectivity index (χ1n) is 15.4. The Morgan fingerprint density at radius 1 is 0.979 bits per heavy atom. The third kappa shape index (κ3) is 9.96. The molecule has 2 amide bonds. The smallest absolute Gasteiger partial charge is 0.475 e. The second-order valence-corrected chi connectivity index (χ2v) is 11.2. The van der Waals surface area contributed by atoms with Gasteiger partial charge < -0.3 is 30.2 Å². The van der Waals surface area contributed by atoms with Crippen LogP contribution in [0.4, 0.5) is 28.4 Å². The quantitative estimate of drug-likeness (QED) is 0.105. The number of imidazole rings is 1. The summed E-state index contributed by atoms with van der Waals surface area (Å²) in [5.41, 5.74) is 5.31. The van der Waals surface area contributed by atoms with E-state index in [9.17, 15) is 22.8 Å². The number of fused-ring (bicyclic) bond motifs is 1. The van der Waals surface area contributed by atoms with Gasteiger partial charge in [-0.05, 0) is 54.7 Å². The number of urea groups is 1. The molecular weight excluding hydrogens is 617 g/mol. The van der Waals surface area contributed by atoms with Gasteiger partial charge in [-0.1, -0.05) is 75.1 Å². The molecule has 3 aromatic carbocycles. The molecule has 0 atom stereocenters. The van der Waals surface area contributed by atoms with E-state index in [4.69, 9.17) is 24.7 Å². The Morgan fingerprint density at radius 3 is 2.30 bits per heavy atom. The number of halogens is 3. The number of carbonyl (C=O) groups excluding carboxylic acids is 1. The molecule has 47 heavy (non-hydrogen) atoms. The average molecular weight is 655 g/mol. The summed E-state index contributed by atoms with van der Waals surface area (Å²) in [6.07, 6.45) is 2.22. The minimum Gasteiger partial charge on any atom is -0.475 e. The highest BCUT2D eigenvalue weighted by molar-refractivity contribution is 5.92. The number of para-hydroxylation sites is 1. The Kier molecular flexibility index (Phi) is 11.8. The Hall–Kier alpha value is -5.07. The summed E-state index contributed by atoms with van der Waals surface area (Å²) < 4.78 is 38.9. The summed E-state index contributed by atoms with van der Waals surface area (Å²) in [6, 6.07) is 21.1. The fourth-order valence-electron chi connectivity index (χ4n) is 5.41. The average Bonchev–Trinajstić information content (AvgIpc) is 3.37. The number of hydrogen-bond acceptors (Lipinski definition) is 5. The van der Waals surface area contributed by atoms with Crippen molar-refractivity contribution in [2.24, 2.45) is 0 Å². The number of carbonyl (C=O) groups is 3. The number of nitrogens with one attached hydrogen (secondary N) is 2. The van der Waals surface area contributed by atoms with Crippen LogP contribution in [0, 0.1) is 0 Å². The number of aryl methyl sites for hydroxylation is 1. The van der Waals surface area contributed by atoms with E-state index in [1.54, 1.807) is 12.1 Å². The number of nitrogens with zero attached hydrogens (tertiary/aromatic N) is 2. The summed E-state index contributed by atoms with van der Waals surface area (Å²) in [5, 5.41) is 22.4. The number of aliphatic carboxylic acids is 1. The number of ether oxygens (including phenoxy) is 1. The normalized spacial score (nSPS) is 13.4. The number of anilines is 1. The van der Waals surface area contributed by atoms with Crippen LogP contribution in [0.1, 0.15) is 63.3 Å². The molecule has 4 aromatic rings. The lowest BCUT2D eigenvalue weighted by atomic mass is 9.96. The van der Waals surface area contributed by atoms with Crippen molar-refractivity contribution in [1.29, 1.82) is 0 Å². The Balaban J connectivity index is 0.000000644. The standard InChI is InChI=1S/C32H36N4O4.C2HF3O2/c1-2-3-13-30-35-27-19-18-25(34-31(37)33-24-9-5-4-6-10-24)20-28(27)36(30)21-22-14-16-23(17-15-22)26-11-7-8-12-29(26)40-32(38)39;3-2(4,5)1(6)7/h7-8,11-12,14-20,24H,2-6,9-10,13,21H2,1H3,(H,38,39)(H2,33,34,37);(H,6,7). The van der Waals surface area contributed by atoms with Gasteiger partial charge in [0.2, 0.25) is 0 Å². The molecule has 1 aromatic heterocycles. The highest BCUT2D eigenvalue weighted by Crippen LogP contribution is 2.31. The fraction of sp³-hybridized carbons (Fsp3) is 0.353. The summed E-state index contributed by atoms with van der Waals surface area (Å²) in [5.74, 6) is -1.44. The largest absolute Gasteiger partial charge is 0.511 e. The van der Waals surface area contributed by atoms with Crippen LogP contribution in [0.5, 0.6) is 5.75 Å². The van der Waals surface area contributed by atoms with E-state index in [1.165, 1.54) is 19.3 Å². The van der Waals surface area contributed by atoms with Gasteiger partial charge in [0.05, 0.1) is 11.0 Å². The predicted octanol–water partition coefficient (Wildman–Crippen LogP) is 8.24. The summed E-state index contributed by atoms with van der Waals surface area (Å²) in [7, 11) is 0. The second kappa shape index (κ2) is 16.0. The van der Waals surface area contributed by atoms with Crippen molar-refractivity contribution in [3.8, 4) is 16.9 Å². The van der Waals surface area contributed by atoms with Crippen molar-refractivity contribution in [2.45, 2.75) is 77.1 Å². The molecule has 1 aliphatic rings. The SMILES string of the molecule is CCCCc1nc2ccc(NC(=O)NC3CCCCC3)cc2n1Cc1ccc(-c2ccccc2OC(=O)O)cc1.O=C(O)C(F)(F)F. The molecule has 1 saturated carbocycles. The first-order chi connectivity index (χ1) is 22.4. The maximum Gasteiger partial charge on any atom is 0.511 e. The number of aromatic nitrogens is 2. The summed E-state index contributed by atoms with van der Waals surface area (Å²) >= 11 is 0. The maximum absolute atomic E-state index is 12.7. The van der Waals surface area contributed by atoms with Gasteiger partial charge in [0.15, 0.2) is 0 Å². The molecule has 1 fully saturated rings. The number of carboxylic acids is 1. The number of rotatable bonds is 9. The van der Waals surface area contributed by atoms with E-state index in [-0.39, 0.29) is 12.1 Å². The summed E-state index contributed by atoms with van der Waals surface area (Å²) in [4.78, 5) is 37.6. The molecule has 0 bridgehead atoms. The molecule has 5 rings (SSSR count). The van der Waals surface area contributed by atoms with Crippen LogP contribution in [-0.2, 0) is 17.8 Å². The highest BCUT2D eigenvalue weighted by atomic mass is 19.4. The number of unbranched alkanes of at least 4 members (excludes halogenated alkanes) is 1. The first-order valence-corrected chi connectivity index (χ1v) is 15.4. The number of amides is 2. The number of alkyl halides is 3. The number of hydrogen-bond donors (Lipinski definition) is 4. The van der Waals surface area contributed by atoms with E-state index in [2.05, 4.69) is 22.1 Å². The molecule has 0 saturated heterocycles. The summed E-state index contributed by atoms with van der Waals surface area (Å²) in [6.45, 7) is 2.80. The van der Waals surface area contributed by atoms with Crippen LogP contribution in [0.3, 0.4) is 0 Å². The van der Waals surface area contributed by atoms with Crippen LogP contribution in [-0.4, -0.2) is 50.1 Å². The van der Waals surface area contributed by atoms with Gasteiger partial charge in [-0.2, -0.15) is 13.2 Å². The molecule has 4 N–H and O–H groups in total. The van der Waals surface area contributed by atoms with Gasteiger partial charge in [0.25, 0.3) is 0 Å². The van der Waals surface area contributed by atoms with E-state index in [0.717, 1.165) is 71.3 Å². The van der Waals surface area contributed by atoms with Gasteiger partial charge in [0, 0.05) is 30.3 Å². The van der Waals surface area contributed by atoms with Crippen LogP contribution < -0.4 is 15.4 Å². The maximum atomic E-state index is 12.7. The van der Waals surface area contributed by atoms with Crippen molar-refractivity contribution >= 4 is 34.9 Å². The van der Waals surface area contributed by atoms with Gasteiger partial charge in [0.1, 0.15) is 11.6 Å². The zero-order valence-electron chi connectivity index (χ0n) is 25.8. The predicted molar refractivity (Wildman–Crippen MR) is 171 cm³/mol. The van der Waals surface area contributed by atoms with E-state index < -0.39 is 18.3 Å². The highest BCUT2D eigenvalue weighted by Gasteiger charge is 2.38. The molecule has 10 nitrogen and oxygen atoms in total. The molecular formula is C34H37F3N4O6. The monoisotopic (exact) mass is 654 g/mol. The van der Waals surface area contributed by atoms with E-state index in [1.807, 2.05) is 54.6 Å². The van der Waals surface area contributed by atoms with Gasteiger partial charge >= 0.3 is 24.3 Å². The minimum absolute atomic E-state index is 0.161. The topological polar surface area (TPSA) is 143 Å². The second-order valence-electron chi connectivity index (χ2n) is 11.2. The van der Waals surface area contributed by atoms with Gasteiger partial charge in [-0.3, -0.25) is 0 Å². The lowest BCUT2D eigenvalue weighted by Crippen LogP contribution is -2.39. The van der Waals surface area contributed by atoms with Gasteiger partial charge in [-0.25, -0.2) is 19.4 Å². The zero-order valence-corrected chi connectivity index (χ0v) is 25.8. The molecule has 1 aliphatic carbocycles. The Morgan fingerprint density at radius 2 is 1.66 bits per heavy atom. The molecule has 1 heterocycles. The van der Waals surface area contributed by atoms with E-state index >= 15 is 0 Å². The Bertz CT molecular complexity index is 1680. The minimum atomic E-state index is -5.08. The number of carboxylic acid groups (broad SMARTS) is 2. The van der Waals surface area contributed by atoms with Crippen LogP contribution >= 0.6 is 0 Å². The lowest BCUT2D eigenvalue weighted by Gasteiger charge is -2.22. The molecule has 250 valence electrons. The molecule has 13 heteroatoms. The van der Waals surface area contributed by atoms with Crippen LogP contribution in [0.15, 0.2) is 66.7 Å². The molecule has 0 unspecified atom stereocenters. The fourth-order valence-corrected chi connectivity index (χ4v) is 5.41. The van der Waals surface area contributed by atoms with Crippen molar-refractivity contribution < 1.29 is 42.5 Å². The molecule has 0 radical (unpaired) electrons. The molecule has 0 spiro atoms. The first kappa shape index (κ1) is 34.8. The van der Waals surface area contributed by atoms with E-state index in [0.29, 0.717) is 12.3 Å². The van der Waals surface area contributed by atoms with Crippen molar-refractivity contribution in [1.82, 2.24) is 14.9 Å². The third-order valence-electron chi connectivity index (χ3n) is 7.71. The van der Waals surface area contributed by atoms with Gasteiger partial charge in [-0.15, -0.1) is 0 Å².